The summed E-state index contributed by atoms with van der Waals surface area (Å²) in [6, 6.07) is 12.0. The minimum absolute atomic E-state index is 0.277. The van der Waals surface area contributed by atoms with Gasteiger partial charge in [0.1, 0.15) is 11.9 Å². The highest BCUT2D eigenvalue weighted by Crippen LogP contribution is 2.25. The number of hydrogen-bond acceptors (Lipinski definition) is 2. The first-order valence-corrected chi connectivity index (χ1v) is 7.23. The number of aryl methyl sites for hydroxylation is 1. The van der Waals surface area contributed by atoms with Crippen LogP contribution >= 0.6 is 0 Å². The summed E-state index contributed by atoms with van der Waals surface area (Å²) in [5.41, 5.74) is 2.43. The van der Waals surface area contributed by atoms with Gasteiger partial charge in [-0.2, -0.15) is 5.26 Å². The lowest BCUT2D eigenvalue weighted by atomic mass is 10.0. The predicted octanol–water partition coefficient (Wildman–Crippen LogP) is 3.41. The van der Waals surface area contributed by atoms with Crippen LogP contribution in [0.3, 0.4) is 0 Å². The highest BCUT2D eigenvalue weighted by molar-refractivity contribution is 7.84. The Labute approximate surface area is 114 Å². The Kier molecular flexibility index (Phi) is 3.77. The molecule has 0 N–H and O–H groups in total. The van der Waals surface area contributed by atoms with E-state index in [1.165, 1.54) is 12.3 Å². The standard InChI is InChI=1S/C15H12FNOS/c1-10-3-4-11(7-14(10)16)12-5-6-13(9-17)15(8-12)19(2)18/h3-8H,1-2H3. The summed E-state index contributed by atoms with van der Waals surface area (Å²) in [4.78, 5) is 0.473. The van der Waals surface area contributed by atoms with Crippen molar-refractivity contribution in [2.45, 2.75) is 11.8 Å². The summed E-state index contributed by atoms with van der Waals surface area (Å²) < 4.78 is 25.2. The molecule has 2 rings (SSSR count). The maximum atomic E-state index is 13.6. The third-order valence-corrected chi connectivity index (χ3v) is 3.87. The molecule has 0 aromatic heterocycles. The number of halogens is 1. The molecule has 0 bridgehead atoms. The molecule has 0 spiro atoms. The number of nitrogens with zero attached hydrogens (tertiary/aromatic N) is 1. The summed E-state index contributed by atoms with van der Waals surface area (Å²) in [6.45, 7) is 1.70. The summed E-state index contributed by atoms with van der Waals surface area (Å²) >= 11 is 0. The van der Waals surface area contributed by atoms with Gasteiger partial charge in [0.05, 0.1) is 21.3 Å². The van der Waals surface area contributed by atoms with Crippen LogP contribution in [-0.2, 0) is 10.8 Å². The Morgan fingerprint density at radius 2 is 1.79 bits per heavy atom. The van der Waals surface area contributed by atoms with Gasteiger partial charge in [-0.05, 0) is 41.8 Å². The average molecular weight is 273 g/mol. The quantitative estimate of drug-likeness (QED) is 0.841. The lowest BCUT2D eigenvalue weighted by Crippen LogP contribution is -1.94. The maximum absolute atomic E-state index is 13.6. The van der Waals surface area contributed by atoms with Crippen molar-refractivity contribution < 1.29 is 8.60 Å². The molecule has 0 saturated heterocycles. The monoisotopic (exact) mass is 273 g/mol. The van der Waals surface area contributed by atoms with Crippen LogP contribution in [0.2, 0.25) is 0 Å². The van der Waals surface area contributed by atoms with Crippen LogP contribution in [0.5, 0.6) is 0 Å². The lowest BCUT2D eigenvalue weighted by molar-refractivity contribution is 0.619. The molecule has 0 amide bonds. The highest BCUT2D eigenvalue weighted by Gasteiger charge is 2.09. The van der Waals surface area contributed by atoms with Crippen LogP contribution in [-0.4, -0.2) is 10.5 Å². The first-order chi connectivity index (χ1) is 9.02. The fourth-order valence-electron chi connectivity index (χ4n) is 1.80. The van der Waals surface area contributed by atoms with E-state index in [0.29, 0.717) is 21.6 Å². The number of hydrogen-bond donors (Lipinski definition) is 0. The molecule has 19 heavy (non-hydrogen) atoms. The van der Waals surface area contributed by atoms with Gasteiger partial charge in [-0.15, -0.1) is 0 Å². The van der Waals surface area contributed by atoms with Gasteiger partial charge >= 0.3 is 0 Å². The van der Waals surface area contributed by atoms with Crippen molar-refractivity contribution in [3.05, 3.63) is 53.3 Å². The summed E-state index contributed by atoms with van der Waals surface area (Å²) in [7, 11) is -1.25. The Bertz CT molecular complexity index is 704. The van der Waals surface area contributed by atoms with E-state index in [9.17, 15) is 8.60 Å². The average Bonchev–Trinajstić information content (AvgIpc) is 2.41. The molecule has 0 heterocycles. The molecule has 0 fully saturated rings. The number of benzene rings is 2. The van der Waals surface area contributed by atoms with Gasteiger partial charge < -0.3 is 0 Å². The second-order valence-electron chi connectivity index (χ2n) is 4.24. The molecule has 96 valence electrons. The molecule has 2 nitrogen and oxygen atoms in total. The van der Waals surface area contributed by atoms with Crippen molar-refractivity contribution in [1.29, 1.82) is 5.26 Å². The van der Waals surface area contributed by atoms with Gasteiger partial charge in [-0.25, -0.2) is 4.39 Å². The SMILES string of the molecule is Cc1ccc(-c2ccc(C#N)c(S(C)=O)c2)cc1F. The first-order valence-electron chi connectivity index (χ1n) is 5.67. The van der Waals surface area contributed by atoms with Crippen LogP contribution in [0.4, 0.5) is 4.39 Å². The van der Waals surface area contributed by atoms with E-state index in [4.69, 9.17) is 5.26 Å². The van der Waals surface area contributed by atoms with E-state index in [2.05, 4.69) is 0 Å². The van der Waals surface area contributed by atoms with Gasteiger partial charge in [-0.3, -0.25) is 4.21 Å². The van der Waals surface area contributed by atoms with Crippen LogP contribution in [0, 0.1) is 24.1 Å². The van der Waals surface area contributed by atoms with E-state index in [0.717, 1.165) is 5.56 Å². The minimum atomic E-state index is -1.25. The van der Waals surface area contributed by atoms with Crippen molar-refractivity contribution in [2.75, 3.05) is 6.26 Å². The van der Waals surface area contributed by atoms with Gasteiger partial charge in [-0.1, -0.05) is 18.2 Å². The van der Waals surface area contributed by atoms with Crippen LogP contribution in [0.25, 0.3) is 11.1 Å². The second kappa shape index (κ2) is 5.33. The molecular formula is C15H12FNOS. The Hall–Kier alpha value is -1.99. The summed E-state index contributed by atoms with van der Waals surface area (Å²) in [6.07, 6.45) is 1.52. The molecule has 1 atom stereocenters. The summed E-state index contributed by atoms with van der Waals surface area (Å²) in [5.74, 6) is -0.277. The normalized spacial score (nSPS) is 11.9. The Morgan fingerprint density at radius 1 is 1.16 bits per heavy atom. The van der Waals surface area contributed by atoms with Crippen molar-refractivity contribution in [2.24, 2.45) is 0 Å². The van der Waals surface area contributed by atoms with E-state index in [1.54, 1.807) is 31.2 Å². The maximum Gasteiger partial charge on any atom is 0.126 e. The zero-order chi connectivity index (χ0) is 14.0. The second-order valence-corrected chi connectivity index (χ2v) is 5.59. The zero-order valence-corrected chi connectivity index (χ0v) is 11.4. The molecule has 2 aromatic rings. The molecular weight excluding hydrogens is 261 g/mol. The van der Waals surface area contributed by atoms with Crippen LogP contribution < -0.4 is 0 Å². The Balaban J connectivity index is 2.57. The van der Waals surface area contributed by atoms with Crippen LogP contribution in [0.15, 0.2) is 41.3 Å². The third-order valence-electron chi connectivity index (χ3n) is 2.92. The molecule has 0 aliphatic carbocycles. The molecule has 0 aliphatic rings. The topological polar surface area (TPSA) is 40.9 Å². The van der Waals surface area contributed by atoms with Crippen molar-refractivity contribution in [3.8, 4) is 17.2 Å². The van der Waals surface area contributed by atoms with E-state index >= 15 is 0 Å². The first kappa shape index (κ1) is 13.4. The third kappa shape index (κ3) is 2.72. The van der Waals surface area contributed by atoms with E-state index in [-0.39, 0.29) is 5.82 Å². The number of rotatable bonds is 2. The largest absolute Gasteiger partial charge is 0.255 e. The lowest BCUT2D eigenvalue weighted by Gasteiger charge is -2.07. The fourth-order valence-corrected chi connectivity index (χ4v) is 2.52. The molecule has 0 saturated carbocycles. The van der Waals surface area contributed by atoms with Gasteiger partial charge in [0.25, 0.3) is 0 Å². The molecule has 4 heteroatoms. The molecule has 0 radical (unpaired) electrons. The zero-order valence-electron chi connectivity index (χ0n) is 10.6. The Morgan fingerprint density at radius 3 is 2.37 bits per heavy atom. The van der Waals surface area contributed by atoms with Gasteiger partial charge in [0.2, 0.25) is 0 Å². The molecule has 2 aromatic carbocycles. The fraction of sp³-hybridized carbons (Fsp3) is 0.133. The highest BCUT2D eigenvalue weighted by atomic mass is 32.2. The van der Waals surface area contributed by atoms with Gasteiger partial charge in [0, 0.05) is 6.26 Å². The molecule has 0 aliphatic heterocycles. The van der Waals surface area contributed by atoms with Crippen molar-refractivity contribution in [3.63, 3.8) is 0 Å². The predicted molar refractivity (Wildman–Crippen MR) is 73.6 cm³/mol. The summed E-state index contributed by atoms with van der Waals surface area (Å²) in [5, 5.41) is 8.96. The minimum Gasteiger partial charge on any atom is -0.255 e. The van der Waals surface area contributed by atoms with E-state index < -0.39 is 10.8 Å². The number of nitriles is 1. The van der Waals surface area contributed by atoms with Gasteiger partial charge in [0.15, 0.2) is 0 Å². The smallest absolute Gasteiger partial charge is 0.126 e. The van der Waals surface area contributed by atoms with Crippen molar-refractivity contribution in [1.82, 2.24) is 0 Å². The van der Waals surface area contributed by atoms with E-state index in [1.807, 2.05) is 12.1 Å². The molecule has 1 unspecified atom stereocenters. The van der Waals surface area contributed by atoms with Crippen LogP contribution in [0.1, 0.15) is 11.1 Å². The van der Waals surface area contributed by atoms with Crippen molar-refractivity contribution >= 4 is 10.8 Å².